The van der Waals surface area contributed by atoms with E-state index in [1.165, 1.54) is 6.92 Å². The molecule has 1 amide bonds. The van der Waals surface area contributed by atoms with Crippen molar-refractivity contribution in [3.8, 4) is 0 Å². The first kappa shape index (κ1) is 14.5. The van der Waals surface area contributed by atoms with E-state index in [1.807, 2.05) is 13.8 Å². The summed E-state index contributed by atoms with van der Waals surface area (Å²) in [7, 11) is -2.66. The quantitative estimate of drug-likeness (QED) is 0.723. The smallest absolute Gasteiger partial charge is 0.396 e. The Morgan fingerprint density at radius 3 is 2.35 bits per heavy atom. The number of carbonyl (C=O) groups excluding carboxylic acids is 1. The molecule has 1 rings (SSSR count). The van der Waals surface area contributed by atoms with Crippen LogP contribution < -0.4 is 0 Å². The van der Waals surface area contributed by atoms with Crippen molar-refractivity contribution >= 4 is 14.2 Å². The Hall–Kier alpha value is -0.550. The Morgan fingerprint density at radius 2 is 1.94 bits per heavy atom. The van der Waals surface area contributed by atoms with Gasteiger partial charge in [0.15, 0.2) is 0 Å². The molecule has 1 unspecified atom stereocenters. The van der Waals surface area contributed by atoms with Crippen molar-refractivity contribution in [1.82, 2.24) is 4.90 Å². The summed E-state index contributed by atoms with van der Waals surface area (Å²) in [4.78, 5) is 21.7. The third-order valence-corrected chi connectivity index (χ3v) is 4.17. The van der Waals surface area contributed by atoms with Crippen LogP contribution in [0, 0.1) is 10.8 Å². The summed E-state index contributed by atoms with van der Waals surface area (Å²) in [5.41, 5.74) is -1.05. The molecule has 0 aliphatic carbocycles. The molecule has 0 spiro atoms. The summed E-state index contributed by atoms with van der Waals surface area (Å²) in [5, 5.41) is 9.50. The molecule has 1 aliphatic rings. The van der Waals surface area contributed by atoms with E-state index in [9.17, 15) is 14.5 Å². The minimum Gasteiger partial charge on any atom is -0.396 e. The third kappa shape index (κ3) is 2.83. The fourth-order valence-corrected chi connectivity index (χ4v) is 2.56. The first-order chi connectivity index (χ1) is 7.74. The highest BCUT2D eigenvalue weighted by atomic mass is 31.1. The van der Waals surface area contributed by atoms with E-state index in [2.05, 4.69) is 0 Å². The van der Waals surface area contributed by atoms with Crippen LogP contribution in [0.4, 0.5) is 0 Å². The first-order valence-electron chi connectivity index (χ1n) is 5.39. The van der Waals surface area contributed by atoms with Crippen molar-refractivity contribution in [3.63, 3.8) is 0 Å². The number of nitrogens with zero attached hydrogens (tertiary/aromatic N) is 1. The van der Waals surface area contributed by atoms with Gasteiger partial charge in [0, 0.05) is 35.4 Å². The molecule has 3 atom stereocenters. The van der Waals surface area contributed by atoms with Crippen LogP contribution in [0.25, 0.3) is 0 Å². The summed E-state index contributed by atoms with van der Waals surface area (Å²) in [6, 6.07) is 0. The molecule has 1 fully saturated rings. The zero-order valence-electron chi connectivity index (χ0n) is 10.3. The van der Waals surface area contributed by atoms with Crippen molar-refractivity contribution < 1.29 is 23.9 Å². The number of amides is 1. The van der Waals surface area contributed by atoms with Crippen molar-refractivity contribution in [3.05, 3.63) is 0 Å². The normalized spacial score (nSPS) is 33.9. The van der Waals surface area contributed by atoms with E-state index in [0.717, 1.165) is 0 Å². The summed E-state index contributed by atoms with van der Waals surface area (Å²) in [6.45, 7) is 5.97. The number of aliphatic hydroxyl groups excluding tert-OH is 1. The number of hydrogen-bond acceptors (Lipinski definition) is 4. The van der Waals surface area contributed by atoms with Crippen molar-refractivity contribution in [2.45, 2.75) is 20.8 Å². The number of aliphatic hydroxyl groups is 1. The maximum Gasteiger partial charge on any atom is 0.694 e. The molecule has 0 bridgehead atoms. The highest BCUT2D eigenvalue weighted by molar-refractivity contribution is 7.32. The van der Waals surface area contributed by atoms with Crippen LogP contribution in [-0.2, 0) is 13.9 Å². The molecular formula is C10H19NO5P+. The van der Waals surface area contributed by atoms with Gasteiger partial charge in [0.25, 0.3) is 0 Å². The van der Waals surface area contributed by atoms with Gasteiger partial charge in [0.05, 0.1) is 6.61 Å². The SMILES string of the molecule is CC(=O)N1C[C@](C)(CO[P+](=O)O)[C@](C)(CO)C1. The lowest BCUT2D eigenvalue weighted by atomic mass is 9.69. The average Bonchev–Trinajstić information content (AvgIpc) is 2.51. The standard InChI is InChI=1S/C10H18NO5P/c1-8(13)11-4-9(2,6-12)10(3,5-11)7-16-17(14)15/h12H,4-7H2,1-3H3/p+1/t9-,10+/m0/s1. The van der Waals surface area contributed by atoms with Gasteiger partial charge in [-0.2, -0.15) is 0 Å². The van der Waals surface area contributed by atoms with Crippen LogP contribution >= 0.6 is 8.25 Å². The maximum absolute atomic E-state index is 11.4. The van der Waals surface area contributed by atoms with E-state index < -0.39 is 19.1 Å². The largest absolute Gasteiger partial charge is 0.694 e. The van der Waals surface area contributed by atoms with Crippen LogP contribution in [-0.4, -0.2) is 47.1 Å². The molecule has 0 aromatic heterocycles. The van der Waals surface area contributed by atoms with Gasteiger partial charge in [-0.25, -0.2) is 0 Å². The third-order valence-electron chi connectivity index (χ3n) is 3.82. The molecule has 2 N–H and O–H groups in total. The predicted octanol–water partition coefficient (Wildman–Crippen LogP) is 0.520. The van der Waals surface area contributed by atoms with E-state index in [4.69, 9.17) is 9.42 Å². The fraction of sp³-hybridized carbons (Fsp3) is 0.900. The second-order valence-corrected chi connectivity index (χ2v) is 5.90. The van der Waals surface area contributed by atoms with Gasteiger partial charge in [0.1, 0.15) is 6.61 Å². The van der Waals surface area contributed by atoms with E-state index in [-0.39, 0.29) is 19.1 Å². The van der Waals surface area contributed by atoms with Crippen LogP contribution in [0.3, 0.4) is 0 Å². The second-order valence-electron chi connectivity index (χ2n) is 5.17. The molecule has 6 nitrogen and oxygen atoms in total. The van der Waals surface area contributed by atoms with E-state index in [0.29, 0.717) is 13.1 Å². The summed E-state index contributed by atoms with van der Waals surface area (Å²) < 4.78 is 15.4. The van der Waals surface area contributed by atoms with Crippen molar-refractivity contribution in [2.24, 2.45) is 10.8 Å². The number of carbonyl (C=O) groups is 1. The molecule has 1 aliphatic heterocycles. The maximum atomic E-state index is 11.4. The lowest BCUT2D eigenvalue weighted by Crippen LogP contribution is -2.42. The van der Waals surface area contributed by atoms with Crippen LogP contribution in [0.2, 0.25) is 0 Å². The molecule has 1 heterocycles. The van der Waals surface area contributed by atoms with Gasteiger partial charge >= 0.3 is 8.25 Å². The minimum atomic E-state index is -2.66. The Kier molecular flexibility index (Phi) is 4.25. The molecule has 0 saturated carbocycles. The van der Waals surface area contributed by atoms with Crippen LogP contribution in [0.1, 0.15) is 20.8 Å². The Balaban J connectivity index is 2.87. The highest BCUT2D eigenvalue weighted by Crippen LogP contribution is 2.46. The van der Waals surface area contributed by atoms with Gasteiger partial charge in [-0.15, -0.1) is 9.42 Å². The number of hydrogen-bond donors (Lipinski definition) is 2. The lowest BCUT2D eigenvalue weighted by molar-refractivity contribution is -0.128. The predicted molar refractivity (Wildman–Crippen MR) is 61.3 cm³/mol. The van der Waals surface area contributed by atoms with Crippen molar-refractivity contribution in [1.29, 1.82) is 0 Å². The van der Waals surface area contributed by atoms with Gasteiger partial charge < -0.3 is 10.0 Å². The first-order valence-corrected chi connectivity index (χ1v) is 6.52. The van der Waals surface area contributed by atoms with Gasteiger partial charge in [0.2, 0.25) is 5.91 Å². The number of likely N-dealkylation sites (tertiary alicyclic amines) is 1. The molecule has 7 heteroatoms. The van der Waals surface area contributed by atoms with Gasteiger partial charge in [-0.05, 0) is 0 Å². The molecule has 98 valence electrons. The van der Waals surface area contributed by atoms with Crippen LogP contribution in [0.15, 0.2) is 0 Å². The van der Waals surface area contributed by atoms with Gasteiger partial charge in [-0.1, -0.05) is 13.8 Å². The molecule has 1 saturated heterocycles. The van der Waals surface area contributed by atoms with Gasteiger partial charge in [-0.3, -0.25) is 4.79 Å². The number of rotatable bonds is 4. The summed E-state index contributed by atoms with van der Waals surface area (Å²) in [5.74, 6) is -0.0678. The van der Waals surface area contributed by atoms with E-state index >= 15 is 0 Å². The average molecular weight is 264 g/mol. The topological polar surface area (TPSA) is 87.1 Å². The monoisotopic (exact) mass is 264 g/mol. The van der Waals surface area contributed by atoms with E-state index in [1.54, 1.807) is 4.90 Å². The lowest BCUT2D eigenvalue weighted by Gasteiger charge is -2.36. The second kappa shape index (κ2) is 4.98. The Morgan fingerprint density at radius 1 is 1.41 bits per heavy atom. The Labute approximate surface area is 102 Å². The summed E-state index contributed by atoms with van der Waals surface area (Å²) in [6.07, 6.45) is 0. The highest BCUT2D eigenvalue weighted by Gasteiger charge is 2.53. The molecule has 0 aromatic rings. The molecular weight excluding hydrogens is 245 g/mol. The molecule has 0 radical (unpaired) electrons. The summed E-state index contributed by atoms with van der Waals surface area (Å²) >= 11 is 0. The van der Waals surface area contributed by atoms with Crippen LogP contribution in [0.5, 0.6) is 0 Å². The molecule has 17 heavy (non-hydrogen) atoms. The molecule has 0 aromatic carbocycles. The minimum absolute atomic E-state index is 0.0412. The van der Waals surface area contributed by atoms with Crippen molar-refractivity contribution in [2.75, 3.05) is 26.3 Å². The Bertz CT molecular complexity index is 337. The zero-order valence-corrected chi connectivity index (χ0v) is 11.2. The fourth-order valence-electron chi connectivity index (χ4n) is 2.16. The zero-order chi connectivity index (χ0) is 13.3.